The van der Waals surface area contributed by atoms with Gasteiger partial charge in [0.15, 0.2) is 0 Å². The molecule has 1 heterocycles. The van der Waals surface area contributed by atoms with E-state index >= 15 is 0 Å². The zero-order valence-corrected chi connectivity index (χ0v) is 18.0. The Morgan fingerprint density at radius 1 is 1.18 bits per heavy atom. The molecule has 178 valence electrons. The van der Waals surface area contributed by atoms with Crippen molar-refractivity contribution in [2.24, 2.45) is 5.92 Å². The fourth-order valence-electron chi connectivity index (χ4n) is 3.43. The number of para-hydroxylation sites is 2. The number of aliphatic hydroxyl groups is 1. The van der Waals surface area contributed by atoms with E-state index in [2.05, 4.69) is 5.32 Å². The average molecular weight is 466 g/mol. The Labute approximate surface area is 189 Å². The van der Waals surface area contributed by atoms with Crippen molar-refractivity contribution < 1.29 is 37.3 Å². The highest BCUT2D eigenvalue weighted by molar-refractivity contribution is 6.01. The van der Waals surface area contributed by atoms with Gasteiger partial charge in [-0.2, -0.15) is 13.2 Å². The first kappa shape index (κ1) is 24.4. The molecule has 2 N–H and O–H groups in total. The lowest BCUT2D eigenvalue weighted by Gasteiger charge is -2.20. The number of halogens is 3. The Hall–Kier alpha value is -3.27. The number of benzene rings is 2. The lowest BCUT2D eigenvalue weighted by atomic mass is 10.1. The maximum atomic E-state index is 12.6. The Bertz CT molecular complexity index is 965. The van der Waals surface area contributed by atoms with Crippen molar-refractivity contribution in [2.45, 2.75) is 25.6 Å². The molecule has 33 heavy (non-hydrogen) atoms. The van der Waals surface area contributed by atoms with E-state index in [1.165, 1.54) is 4.90 Å². The molecule has 3 rings (SSSR count). The number of rotatable bonds is 9. The average Bonchev–Trinajstić information content (AvgIpc) is 3.18. The Morgan fingerprint density at radius 2 is 1.88 bits per heavy atom. The molecule has 1 aliphatic rings. The van der Waals surface area contributed by atoms with Crippen LogP contribution >= 0.6 is 0 Å². The van der Waals surface area contributed by atoms with Crippen LogP contribution in [0.1, 0.15) is 18.9 Å². The molecule has 2 atom stereocenters. The summed E-state index contributed by atoms with van der Waals surface area (Å²) in [6.45, 7) is 2.12. The van der Waals surface area contributed by atoms with Gasteiger partial charge in [0, 0.05) is 19.5 Å². The van der Waals surface area contributed by atoms with E-state index in [4.69, 9.17) is 9.47 Å². The third kappa shape index (κ3) is 6.38. The van der Waals surface area contributed by atoms with E-state index in [1.54, 1.807) is 24.3 Å². The topological polar surface area (TPSA) is 88.1 Å². The molecule has 7 nitrogen and oxygen atoms in total. The number of anilines is 1. The number of carbonyl (C=O) groups excluding carboxylic acids is 2. The maximum absolute atomic E-state index is 12.6. The molecule has 1 fully saturated rings. The van der Waals surface area contributed by atoms with Crippen molar-refractivity contribution in [2.75, 3.05) is 31.2 Å². The summed E-state index contributed by atoms with van der Waals surface area (Å²) in [6, 6.07) is 11.2. The summed E-state index contributed by atoms with van der Waals surface area (Å²) in [5.74, 6) is -0.444. The number of amides is 2. The first-order valence-corrected chi connectivity index (χ1v) is 10.5. The second kappa shape index (κ2) is 10.6. The van der Waals surface area contributed by atoms with Crippen LogP contribution in [0.3, 0.4) is 0 Å². The van der Waals surface area contributed by atoms with Gasteiger partial charge in [0.05, 0.1) is 23.8 Å². The van der Waals surface area contributed by atoms with E-state index in [0.717, 1.165) is 24.3 Å². The van der Waals surface area contributed by atoms with Gasteiger partial charge in [0.1, 0.15) is 24.2 Å². The van der Waals surface area contributed by atoms with Crippen LogP contribution in [0, 0.1) is 5.92 Å². The Kier molecular flexibility index (Phi) is 7.80. The molecule has 10 heteroatoms. The maximum Gasteiger partial charge on any atom is 0.416 e. The van der Waals surface area contributed by atoms with Crippen molar-refractivity contribution in [3.05, 3.63) is 54.1 Å². The van der Waals surface area contributed by atoms with Gasteiger partial charge in [0.25, 0.3) is 0 Å². The number of alkyl halides is 3. The molecular weight excluding hydrogens is 441 g/mol. The highest BCUT2D eigenvalue weighted by atomic mass is 19.4. The van der Waals surface area contributed by atoms with Crippen LogP contribution in [0.25, 0.3) is 0 Å². The van der Waals surface area contributed by atoms with Crippen LogP contribution in [0.4, 0.5) is 18.9 Å². The summed E-state index contributed by atoms with van der Waals surface area (Å²) in [5.41, 5.74) is -0.198. The van der Waals surface area contributed by atoms with E-state index in [9.17, 15) is 27.9 Å². The Balaban J connectivity index is 1.47. The molecule has 1 aliphatic heterocycles. The molecule has 1 saturated heterocycles. The van der Waals surface area contributed by atoms with Crippen LogP contribution in [-0.4, -0.2) is 49.3 Å². The quantitative estimate of drug-likeness (QED) is 0.593. The van der Waals surface area contributed by atoms with Crippen molar-refractivity contribution >= 4 is 17.5 Å². The second-order valence-corrected chi connectivity index (χ2v) is 7.54. The number of carbonyl (C=O) groups is 2. The molecule has 0 aliphatic carbocycles. The van der Waals surface area contributed by atoms with Gasteiger partial charge in [0.2, 0.25) is 11.8 Å². The zero-order valence-electron chi connectivity index (χ0n) is 18.0. The lowest BCUT2D eigenvalue weighted by molar-refractivity contribution is -0.137. The molecule has 2 unspecified atom stereocenters. The van der Waals surface area contributed by atoms with E-state index in [-0.39, 0.29) is 43.7 Å². The van der Waals surface area contributed by atoms with Crippen LogP contribution in [0.2, 0.25) is 0 Å². The number of ether oxygens (including phenoxy) is 2. The minimum Gasteiger partial charge on any atom is -0.492 e. The first-order chi connectivity index (χ1) is 15.7. The van der Waals surface area contributed by atoms with Gasteiger partial charge in [-0.15, -0.1) is 0 Å². The molecule has 2 amide bonds. The third-order valence-electron chi connectivity index (χ3n) is 5.09. The van der Waals surface area contributed by atoms with E-state index in [1.807, 2.05) is 6.92 Å². The number of nitrogens with zero attached hydrogens (tertiary/aromatic N) is 1. The van der Waals surface area contributed by atoms with Gasteiger partial charge < -0.3 is 24.8 Å². The number of hydrogen-bond donors (Lipinski definition) is 2. The molecule has 2 aromatic rings. The predicted octanol–water partition coefficient (Wildman–Crippen LogP) is 3.01. The summed E-state index contributed by atoms with van der Waals surface area (Å²) in [5, 5.41) is 12.6. The van der Waals surface area contributed by atoms with Crippen LogP contribution in [0.5, 0.6) is 11.5 Å². The molecule has 0 spiro atoms. The fraction of sp³-hybridized carbons (Fsp3) is 0.391. The monoisotopic (exact) mass is 466 g/mol. The van der Waals surface area contributed by atoms with Gasteiger partial charge in [-0.05, 0) is 43.3 Å². The molecule has 2 aromatic carbocycles. The molecule has 0 bridgehead atoms. The normalized spacial score (nSPS) is 17.1. The fourth-order valence-corrected chi connectivity index (χ4v) is 3.43. The number of aliphatic hydroxyl groups excluding tert-OH is 1. The minimum absolute atomic E-state index is 0.0322. The van der Waals surface area contributed by atoms with Crippen molar-refractivity contribution in [1.29, 1.82) is 0 Å². The van der Waals surface area contributed by atoms with Crippen LogP contribution < -0.4 is 19.7 Å². The van der Waals surface area contributed by atoms with Crippen molar-refractivity contribution in [1.82, 2.24) is 5.32 Å². The highest BCUT2D eigenvalue weighted by Crippen LogP contribution is 2.33. The summed E-state index contributed by atoms with van der Waals surface area (Å²) in [7, 11) is 0. The van der Waals surface area contributed by atoms with Crippen molar-refractivity contribution in [3.63, 3.8) is 0 Å². The SMILES string of the molecule is CCOc1ccccc1N1CC(C(=O)NCC(O)COc2ccc(C(F)(F)F)cc2)CC1=O. The summed E-state index contributed by atoms with van der Waals surface area (Å²) in [4.78, 5) is 26.5. The van der Waals surface area contributed by atoms with Gasteiger partial charge in [-0.3, -0.25) is 9.59 Å². The zero-order chi connectivity index (χ0) is 24.0. The number of hydrogen-bond acceptors (Lipinski definition) is 5. The highest BCUT2D eigenvalue weighted by Gasteiger charge is 2.36. The second-order valence-electron chi connectivity index (χ2n) is 7.54. The van der Waals surface area contributed by atoms with Crippen LogP contribution in [-0.2, 0) is 15.8 Å². The Morgan fingerprint density at radius 3 is 2.55 bits per heavy atom. The van der Waals surface area contributed by atoms with Gasteiger partial charge in [-0.1, -0.05) is 12.1 Å². The summed E-state index contributed by atoms with van der Waals surface area (Å²) < 4.78 is 48.6. The van der Waals surface area contributed by atoms with Gasteiger partial charge in [-0.25, -0.2) is 0 Å². The number of nitrogens with one attached hydrogen (secondary N) is 1. The molecule has 0 saturated carbocycles. The molecule has 0 aromatic heterocycles. The molecular formula is C23H25F3N2O5. The summed E-state index contributed by atoms with van der Waals surface area (Å²) in [6.07, 6.45) is -5.49. The minimum atomic E-state index is -4.44. The lowest BCUT2D eigenvalue weighted by Crippen LogP contribution is -2.39. The summed E-state index contributed by atoms with van der Waals surface area (Å²) >= 11 is 0. The standard InChI is InChI=1S/C23H25F3N2O5/c1-2-32-20-6-4-3-5-19(20)28-13-15(11-21(28)30)22(31)27-12-17(29)14-33-18-9-7-16(8-10-18)23(24,25)26/h3-10,15,17,29H,2,11-14H2,1H3,(H,27,31). The third-order valence-corrected chi connectivity index (χ3v) is 5.09. The van der Waals surface area contributed by atoms with Crippen LogP contribution in [0.15, 0.2) is 48.5 Å². The smallest absolute Gasteiger partial charge is 0.416 e. The van der Waals surface area contributed by atoms with E-state index < -0.39 is 23.8 Å². The largest absolute Gasteiger partial charge is 0.492 e. The molecule has 0 radical (unpaired) electrons. The predicted molar refractivity (Wildman–Crippen MR) is 114 cm³/mol. The van der Waals surface area contributed by atoms with E-state index in [0.29, 0.717) is 18.0 Å². The van der Waals surface area contributed by atoms with Crippen molar-refractivity contribution in [3.8, 4) is 11.5 Å². The van der Waals surface area contributed by atoms with Gasteiger partial charge >= 0.3 is 6.18 Å². The first-order valence-electron chi connectivity index (χ1n) is 10.5.